The summed E-state index contributed by atoms with van der Waals surface area (Å²) < 4.78 is 5.55. The molecule has 0 unspecified atom stereocenters. The van der Waals surface area contributed by atoms with E-state index in [9.17, 15) is 9.59 Å². The van der Waals surface area contributed by atoms with Crippen LogP contribution in [-0.4, -0.2) is 11.9 Å². The Morgan fingerprint density at radius 3 is 2.06 bits per heavy atom. The van der Waals surface area contributed by atoms with Gasteiger partial charge in [0.25, 0.3) is 5.91 Å². The van der Waals surface area contributed by atoms with Crippen LogP contribution in [0.25, 0.3) is 11.1 Å². The van der Waals surface area contributed by atoms with Crippen LogP contribution in [0, 0.1) is 11.3 Å². The van der Waals surface area contributed by atoms with Gasteiger partial charge >= 0.3 is 5.97 Å². The van der Waals surface area contributed by atoms with Crippen LogP contribution in [0.2, 0.25) is 5.02 Å². The largest absolute Gasteiger partial charge is 0.426 e. The summed E-state index contributed by atoms with van der Waals surface area (Å²) in [5.74, 6) is -0.454. The van der Waals surface area contributed by atoms with Crippen LogP contribution in [0.3, 0.4) is 0 Å². The lowest BCUT2D eigenvalue weighted by Crippen LogP contribution is -2.31. The van der Waals surface area contributed by atoms with Crippen LogP contribution < -0.4 is 10.1 Å². The molecule has 1 N–H and O–H groups in total. The predicted molar refractivity (Wildman–Crippen MR) is 135 cm³/mol. The van der Waals surface area contributed by atoms with Gasteiger partial charge in [-0.05, 0) is 53.1 Å². The van der Waals surface area contributed by atoms with Crippen molar-refractivity contribution in [1.29, 1.82) is 5.26 Å². The van der Waals surface area contributed by atoms with Crippen LogP contribution in [-0.2, 0) is 4.79 Å². The molecular weight excluding hydrogens is 460 g/mol. The maximum absolute atomic E-state index is 12.8. The van der Waals surface area contributed by atoms with Crippen molar-refractivity contribution in [3.8, 4) is 22.9 Å². The molecule has 0 aliphatic rings. The number of nitrogens with zero attached hydrogens (tertiary/aromatic N) is 1. The number of amides is 1. The average Bonchev–Trinajstić information content (AvgIpc) is 2.89. The highest BCUT2D eigenvalue weighted by atomic mass is 35.5. The van der Waals surface area contributed by atoms with E-state index in [1.165, 1.54) is 0 Å². The molecule has 0 fully saturated rings. The molecule has 172 valence electrons. The zero-order chi connectivity index (χ0) is 24.6. The van der Waals surface area contributed by atoms with Gasteiger partial charge < -0.3 is 10.1 Å². The van der Waals surface area contributed by atoms with E-state index in [1.54, 1.807) is 48.5 Å². The summed E-state index contributed by atoms with van der Waals surface area (Å²) in [5.41, 5.74) is 3.59. The van der Waals surface area contributed by atoms with E-state index in [0.29, 0.717) is 21.9 Å². The standard InChI is InChI=1S/C29H21ClN2O3/c30-26-9-5-4-8-25(26)29(34)32-27(23-6-2-1-3-7-23)18-28(33)35-24-16-14-22(15-17-24)21-12-10-20(19-31)11-13-21/h1-17,27H,18H2,(H,32,34)/t27-/m0/s1. The molecule has 5 nitrogen and oxygen atoms in total. The van der Waals surface area contributed by atoms with Crippen molar-refractivity contribution in [2.24, 2.45) is 0 Å². The average molecular weight is 481 g/mol. The molecule has 1 atom stereocenters. The number of rotatable bonds is 7. The van der Waals surface area contributed by atoms with Gasteiger partial charge in [0.15, 0.2) is 0 Å². The Balaban J connectivity index is 1.45. The number of nitriles is 1. The maximum atomic E-state index is 12.8. The highest BCUT2D eigenvalue weighted by Crippen LogP contribution is 2.25. The van der Waals surface area contributed by atoms with Crippen LogP contribution in [0.15, 0.2) is 103 Å². The lowest BCUT2D eigenvalue weighted by Gasteiger charge is -2.19. The summed E-state index contributed by atoms with van der Waals surface area (Å²) in [5, 5.41) is 12.2. The highest BCUT2D eigenvalue weighted by molar-refractivity contribution is 6.33. The molecule has 4 aromatic carbocycles. The second-order valence-corrected chi connectivity index (χ2v) is 8.22. The topological polar surface area (TPSA) is 79.2 Å². The van der Waals surface area contributed by atoms with Crippen LogP contribution >= 0.6 is 11.6 Å². The molecule has 0 heterocycles. The molecule has 6 heteroatoms. The van der Waals surface area contributed by atoms with Crippen molar-refractivity contribution in [1.82, 2.24) is 5.32 Å². The summed E-state index contributed by atoms with van der Waals surface area (Å²) in [4.78, 5) is 25.6. The first-order chi connectivity index (χ1) is 17.0. The molecule has 0 saturated carbocycles. The zero-order valence-electron chi connectivity index (χ0n) is 18.6. The Morgan fingerprint density at radius 1 is 0.829 bits per heavy atom. The van der Waals surface area contributed by atoms with E-state index >= 15 is 0 Å². The molecule has 0 spiro atoms. The Hall–Kier alpha value is -4.40. The van der Waals surface area contributed by atoms with Crippen molar-refractivity contribution in [2.75, 3.05) is 0 Å². The van der Waals surface area contributed by atoms with Crippen molar-refractivity contribution in [3.05, 3.63) is 125 Å². The minimum atomic E-state index is -0.592. The van der Waals surface area contributed by atoms with E-state index in [1.807, 2.05) is 54.6 Å². The molecule has 0 bridgehead atoms. The Kier molecular flexibility index (Phi) is 7.57. The lowest BCUT2D eigenvalue weighted by atomic mass is 10.0. The quantitative estimate of drug-likeness (QED) is 0.247. The second-order valence-electron chi connectivity index (χ2n) is 7.81. The van der Waals surface area contributed by atoms with Gasteiger partial charge in [0.2, 0.25) is 0 Å². The molecule has 1 amide bonds. The molecule has 0 radical (unpaired) electrons. The molecule has 0 saturated heterocycles. The second kappa shape index (κ2) is 11.1. The number of esters is 1. The van der Waals surface area contributed by atoms with Crippen LogP contribution in [0.5, 0.6) is 5.75 Å². The molecule has 0 aliphatic carbocycles. The molecule has 0 aromatic heterocycles. The van der Waals surface area contributed by atoms with E-state index in [-0.39, 0.29) is 12.3 Å². The molecule has 35 heavy (non-hydrogen) atoms. The highest BCUT2D eigenvalue weighted by Gasteiger charge is 2.21. The van der Waals surface area contributed by atoms with Crippen LogP contribution in [0.1, 0.15) is 33.9 Å². The fourth-order valence-electron chi connectivity index (χ4n) is 3.61. The van der Waals surface area contributed by atoms with Crippen LogP contribution in [0.4, 0.5) is 0 Å². The summed E-state index contributed by atoms with van der Waals surface area (Å²) in [6.07, 6.45) is -0.0580. The molecular formula is C29H21ClN2O3. The van der Waals surface area contributed by atoms with Gasteiger partial charge in [-0.1, -0.05) is 78.3 Å². The molecule has 4 rings (SSSR count). The van der Waals surface area contributed by atoms with Gasteiger partial charge in [-0.25, -0.2) is 0 Å². The Labute approximate surface area is 208 Å². The number of hydrogen-bond acceptors (Lipinski definition) is 4. The van der Waals surface area contributed by atoms with Crippen molar-refractivity contribution in [3.63, 3.8) is 0 Å². The Morgan fingerprint density at radius 2 is 1.43 bits per heavy atom. The SMILES string of the molecule is N#Cc1ccc(-c2ccc(OC(=O)C[C@H](NC(=O)c3ccccc3Cl)c3ccccc3)cc2)cc1. The number of hydrogen-bond donors (Lipinski definition) is 1. The summed E-state index contributed by atoms with van der Waals surface area (Å²) >= 11 is 6.17. The molecule has 4 aromatic rings. The van der Waals surface area contributed by atoms with Crippen molar-refractivity contribution in [2.45, 2.75) is 12.5 Å². The van der Waals surface area contributed by atoms with Gasteiger partial charge in [-0.15, -0.1) is 0 Å². The first-order valence-electron chi connectivity index (χ1n) is 10.9. The monoisotopic (exact) mass is 480 g/mol. The summed E-state index contributed by atoms with van der Waals surface area (Å²) in [6.45, 7) is 0. The number of ether oxygens (including phenoxy) is 1. The number of halogens is 1. The fraction of sp³-hybridized carbons (Fsp3) is 0.0690. The van der Waals surface area contributed by atoms with E-state index < -0.39 is 12.0 Å². The maximum Gasteiger partial charge on any atom is 0.313 e. The van der Waals surface area contributed by atoms with Gasteiger partial charge in [0.1, 0.15) is 5.75 Å². The van der Waals surface area contributed by atoms with E-state index in [0.717, 1.165) is 16.7 Å². The molecule has 0 aliphatic heterocycles. The summed E-state index contributed by atoms with van der Waals surface area (Å²) in [7, 11) is 0. The zero-order valence-corrected chi connectivity index (χ0v) is 19.4. The van der Waals surface area contributed by atoms with Gasteiger partial charge in [-0.2, -0.15) is 5.26 Å². The predicted octanol–water partition coefficient (Wildman–Crippen LogP) is 6.35. The lowest BCUT2D eigenvalue weighted by molar-refractivity contribution is -0.134. The van der Waals surface area contributed by atoms with Crippen molar-refractivity contribution >= 4 is 23.5 Å². The third kappa shape index (κ3) is 6.14. The van der Waals surface area contributed by atoms with Gasteiger partial charge in [0, 0.05) is 0 Å². The van der Waals surface area contributed by atoms with Gasteiger partial charge in [0.05, 0.1) is 34.7 Å². The third-order valence-electron chi connectivity index (χ3n) is 5.43. The number of benzene rings is 4. The number of carbonyl (C=O) groups is 2. The third-order valence-corrected chi connectivity index (χ3v) is 5.76. The minimum Gasteiger partial charge on any atom is -0.426 e. The van der Waals surface area contributed by atoms with E-state index in [2.05, 4.69) is 11.4 Å². The normalized spacial score (nSPS) is 11.2. The minimum absolute atomic E-state index is 0.0580. The number of nitrogens with one attached hydrogen (secondary N) is 1. The fourth-order valence-corrected chi connectivity index (χ4v) is 3.83. The summed E-state index contributed by atoms with van der Waals surface area (Å²) in [6, 6.07) is 31.9. The first kappa shape index (κ1) is 23.7. The van der Waals surface area contributed by atoms with E-state index in [4.69, 9.17) is 21.6 Å². The first-order valence-corrected chi connectivity index (χ1v) is 11.3. The smallest absolute Gasteiger partial charge is 0.313 e. The van der Waals surface area contributed by atoms with Crippen molar-refractivity contribution < 1.29 is 14.3 Å². The van der Waals surface area contributed by atoms with Gasteiger partial charge in [-0.3, -0.25) is 9.59 Å². The Bertz CT molecular complexity index is 1360. The number of carbonyl (C=O) groups excluding carboxylic acids is 2.